The van der Waals surface area contributed by atoms with Crippen molar-refractivity contribution in [2.75, 3.05) is 7.11 Å². The van der Waals surface area contributed by atoms with Crippen LogP contribution in [-0.2, 0) is 22.4 Å². The molecule has 1 aromatic carbocycles. The maximum absolute atomic E-state index is 11.1. The summed E-state index contributed by atoms with van der Waals surface area (Å²) in [6.07, 6.45) is 4.18. The topological polar surface area (TPSA) is 26.3 Å². The molecular weight excluding hydrogens is 224 g/mol. The molecule has 0 heterocycles. The highest BCUT2D eigenvalue weighted by molar-refractivity contribution is 6.31. The van der Waals surface area contributed by atoms with Crippen LogP contribution in [0.15, 0.2) is 29.8 Å². The third-order valence-electron chi connectivity index (χ3n) is 2.86. The highest BCUT2D eigenvalue weighted by Crippen LogP contribution is 2.30. The first-order chi connectivity index (χ1) is 7.70. The fourth-order valence-electron chi connectivity index (χ4n) is 1.99. The van der Waals surface area contributed by atoms with E-state index in [9.17, 15) is 4.79 Å². The summed E-state index contributed by atoms with van der Waals surface area (Å²) < 4.78 is 4.62. The van der Waals surface area contributed by atoms with Crippen LogP contribution in [0.1, 0.15) is 17.5 Å². The van der Waals surface area contributed by atoms with Crippen LogP contribution < -0.4 is 0 Å². The van der Waals surface area contributed by atoms with Gasteiger partial charge in [-0.3, -0.25) is 0 Å². The number of benzene rings is 1. The zero-order chi connectivity index (χ0) is 11.5. The minimum absolute atomic E-state index is 0.287. The number of ether oxygens (including phenoxy) is 1. The lowest BCUT2D eigenvalue weighted by molar-refractivity contribution is -0.134. The molecule has 3 heteroatoms. The van der Waals surface area contributed by atoms with Crippen molar-refractivity contribution in [3.05, 3.63) is 46.0 Å². The Morgan fingerprint density at radius 1 is 1.44 bits per heavy atom. The quantitative estimate of drug-likeness (QED) is 0.554. The van der Waals surface area contributed by atoms with E-state index in [4.69, 9.17) is 11.6 Å². The molecule has 0 unspecified atom stereocenters. The second-order valence-electron chi connectivity index (χ2n) is 3.88. The molecule has 0 spiro atoms. The number of hydrogen-bond acceptors (Lipinski definition) is 2. The third kappa shape index (κ3) is 2.27. The zero-order valence-electron chi connectivity index (χ0n) is 9.13. The number of esters is 1. The predicted octanol–water partition coefficient (Wildman–Crippen LogP) is 2.93. The monoisotopic (exact) mass is 236 g/mol. The van der Waals surface area contributed by atoms with Gasteiger partial charge in [0.2, 0.25) is 0 Å². The van der Waals surface area contributed by atoms with Crippen molar-refractivity contribution < 1.29 is 9.53 Å². The zero-order valence-corrected chi connectivity index (χ0v) is 9.88. The van der Waals surface area contributed by atoms with Gasteiger partial charge in [-0.2, -0.15) is 0 Å². The van der Waals surface area contributed by atoms with Crippen LogP contribution in [0.3, 0.4) is 0 Å². The third-order valence-corrected chi connectivity index (χ3v) is 3.21. The van der Waals surface area contributed by atoms with Crippen LogP contribution in [-0.4, -0.2) is 13.1 Å². The van der Waals surface area contributed by atoms with E-state index in [-0.39, 0.29) is 5.97 Å². The molecule has 1 aliphatic rings. The van der Waals surface area contributed by atoms with Gasteiger partial charge in [-0.15, -0.1) is 0 Å². The summed E-state index contributed by atoms with van der Waals surface area (Å²) in [4.78, 5) is 11.1. The molecule has 0 saturated carbocycles. The summed E-state index contributed by atoms with van der Waals surface area (Å²) in [7, 11) is 1.39. The Morgan fingerprint density at radius 3 is 3.00 bits per heavy atom. The second-order valence-corrected chi connectivity index (χ2v) is 4.29. The van der Waals surface area contributed by atoms with E-state index in [1.54, 1.807) is 6.08 Å². The summed E-state index contributed by atoms with van der Waals surface area (Å²) in [6, 6.07) is 5.95. The van der Waals surface area contributed by atoms with Gasteiger partial charge in [0.1, 0.15) is 0 Å². The molecule has 1 aromatic rings. The lowest BCUT2D eigenvalue weighted by atomic mass is 9.88. The number of carbonyl (C=O) groups excluding carboxylic acids is 1. The standard InChI is InChI=1S/C13H13ClO2/c1-16-13(15)8-9-5-6-10-3-2-4-12(14)11(10)7-9/h2-4,8H,5-7H2,1H3/b9-8-. The molecule has 0 N–H and O–H groups in total. The van der Waals surface area contributed by atoms with Crippen LogP contribution in [0, 0.1) is 0 Å². The lowest BCUT2D eigenvalue weighted by Gasteiger charge is -2.19. The van der Waals surface area contributed by atoms with E-state index in [0.717, 1.165) is 35.4 Å². The van der Waals surface area contributed by atoms with E-state index in [1.807, 2.05) is 12.1 Å². The van der Waals surface area contributed by atoms with E-state index < -0.39 is 0 Å². The second kappa shape index (κ2) is 4.71. The number of fused-ring (bicyclic) bond motifs is 1. The van der Waals surface area contributed by atoms with Gasteiger partial charge >= 0.3 is 5.97 Å². The van der Waals surface area contributed by atoms with E-state index in [2.05, 4.69) is 10.8 Å². The Balaban J connectivity index is 2.26. The van der Waals surface area contributed by atoms with Crippen molar-refractivity contribution in [3.63, 3.8) is 0 Å². The summed E-state index contributed by atoms with van der Waals surface area (Å²) >= 11 is 6.13. The van der Waals surface area contributed by atoms with Crippen LogP contribution in [0.4, 0.5) is 0 Å². The summed E-state index contributed by atoms with van der Waals surface area (Å²) in [6.45, 7) is 0. The molecule has 0 fully saturated rings. The van der Waals surface area contributed by atoms with Crippen molar-refractivity contribution >= 4 is 17.6 Å². The Kier molecular flexibility index (Phi) is 3.30. The van der Waals surface area contributed by atoms with Gasteiger partial charge < -0.3 is 4.74 Å². The minimum atomic E-state index is -0.287. The number of carbonyl (C=O) groups is 1. The Labute approximate surface area is 99.9 Å². The van der Waals surface area contributed by atoms with E-state index in [0.29, 0.717) is 0 Å². The van der Waals surface area contributed by atoms with Crippen molar-refractivity contribution in [2.24, 2.45) is 0 Å². The number of hydrogen-bond donors (Lipinski definition) is 0. The van der Waals surface area contributed by atoms with Crippen LogP contribution in [0.2, 0.25) is 5.02 Å². The predicted molar refractivity (Wildman–Crippen MR) is 63.6 cm³/mol. The summed E-state index contributed by atoms with van der Waals surface area (Å²) in [5.41, 5.74) is 3.52. The molecular formula is C13H13ClO2. The molecule has 2 rings (SSSR count). The van der Waals surface area contributed by atoms with Crippen LogP contribution >= 0.6 is 11.6 Å². The molecule has 0 atom stereocenters. The number of methoxy groups -OCH3 is 1. The van der Waals surface area contributed by atoms with E-state index in [1.165, 1.54) is 12.7 Å². The first-order valence-electron chi connectivity index (χ1n) is 5.24. The Hall–Kier alpha value is -1.28. The molecule has 2 nitrogen and oxygen atoms in total. The maximum atomic E-state index is 11.1. The number of halogens is 1. The number of aryl methyl sites for hydroxylation is 1. The molecule has 0 radical (unpaired) electrons. The fourth-order valence-corrected chi connectivity index (χ4v) is 2.26. The molecule has 0 aromatic heterocycles. The number of allylic oxidation sites excluding steroid dienone is 1. The van der Waals surface area contributed by atoms with Gasteiger partial charge in [-0.05, 0) is 36.5 Å². The van der Waals surface area contributed by atoms with Gasteiger partial charge in [-0.1, -0.05) is 29.3 Å². The Morgan fingerprint density at radius 2 is 2.25 bits per heavy atom. The lowest BCUT2D eigenvalue weighted by Crippen LogP contribution is -2.08. The maximum Gasteiger partial charge on any atom is 0.330 e. The number of rotatable bonds is 1. The molecule has 0 saturated heterocycles. The van der Waals surface area contributed by atoms with Gasteiger partial charge in [0.15, 0.2) is 0 Å². The molecule has 84 valence electrons. The largest absolute Gasteiger partial charge is 0.466 e. The first kappa shape index (κ1) is 11.2. The fraction of sp³-hybridized carbons (Fsp3) is 0.308. The van der Waals surface area contributed by atoms with Crippen molar-refractivity contribution in [1.29, 1.82) is 0 Å². The van der Waals surface area contributed by atoms with Gasteiger partial charge in [0, 0.05) is 11.1 Å². The normalized spacial score (nSPS) is 17.0. The average molecular weight is 237 g/mol. The first-order valence-corrected chi connectivity index (χ1v) is 5.62. The van der Waals surface area contributed by atoms with Gasteiger partial charge in [0.05, 0.1) is 7.11 Å². The van der Waals surface area contributed by atoms with Crippen LogP contribution in [0.25, 0.3) is 0 Å². The SMILES string of the molecule is COC(=O)/C=C1/CCc2cccc(Cl)c2C1. The summed E-state index contributed by atoms with van der Waals surface area (Å²) in [5.74, 6) is -0.287. The molecule has 0 bridgehead atoms. The molecule has 0 amide bonds. The van der Waals surface area contributed by atoms with E-state index >= 15 is 0 Å². The smallest absolute Gasteiger partial charge is 0.330 e. The highest BCUT2D eigenvalue weighted by atomic mass is 35.5. The molecule has 1 aliphatic carbocycles. The average Bonchev–Trinajstić information content (AvgIpc) is 2.30. The van der Waals surface area contributed by atoms with Crippen molar-refractivity contribution in [3.8, 4) is 0 Å². The van der Waals surface area contributed by atoms with Crippen molar-refractivity contribution in [2.45, 2.75) is 19.3 Å². The van der Waals surface area contributed by atoms with Crippen LogP contribution in [0.5, 0.6) is 0 Å². The summed E-state index contributed by atoms with van der Waals surface area (Å²) in [5, 5.41) is 0.785. The van der Waals surface area contributed by atoms with Gasteiger partial charge in [-0.25, -0.2) is 4.79 Å². The van der Waals surface area contributed by atoms with Gasteiger partial charge in [0.25, 0.3) is 0 Å². The van der Waals surface area contributed by atoms with Crippen molar-refractivity contribution in [1.82, 2.24) is 0 Å². The Bertz CT molecular complexity index is 449. The minimum Gasteiger partial charge on any atom is -0.466 e. The highest BCUT2D eigenvalue weighted by Gasteiger charge is 2.16. The molecule has 0 aliphatic heterocycles. The molecule has 16 heavy (non-hydrogen) atoms.